The minimum absolute atomic E-state index is 0.106. The van der Waals surface area contributed by atoms with Crippen LogP contribution < -0.4 is 9.47 Å². The Bertz CT molecular complexity index is 1060. The molecule has 4 heteroatoms. The standard InChI is InChI=1S/C32H39FO3/c1-3-5-7-8-9-10-12-25-13-15-26(16-14-25)27-17-19-28(20-18-27)32(34)36-31-22-21-29(24-30(31)33)35-23-11-6-4-2/h13-22,24H,3-12,23H2,1-2H3. The zero-order chi connectivity index (χ0) is 25.6. The first kappa shape index (κ1) is 27.4. The Morgan fingerprint density at radius 3 is 2.00 bits per heavy atom. The summed E-state index contributed by atoms with van der Waals surface area (Å²) in [5, 5.41) is 0. The lowest BCUT2D eigenvalue weighted by molar-refractivity contribution is 0.0727. The minimum Gasteiger partial charge on any atom is -0.493 e. The van der Waals surface area contributed by atoms with E-state index >= 15 is 0 Å². The first-order valence-corrected chi connectivity index (χ1v) is 13.4. The van der Waals surface area contributed by atoms with E-state index in [1.807, 2.05) is 12.1 Å². The van der Waals surface area contributed by atoms with Gasteiger partial charge in [0.1, 0.15) is 5.75 Å². The summed E-state index contributed by atoms with van der Waals surface area (Å²) in [6, 6.07) is 20.1. The number of ether oxygens (including phenoxy) is 2. The first-order chi connectivity index (χ1) is 17.6. The summed E-state index contributed by atoms with van der Waals surface area (Å²) < 4.78 is 25.3. The molecule has 0 aliphatic carbocycles. The Morgan fingerprint density at radius 1 is 0.722 bits per heavy atom. The van der Waals surface area contributed by atoms with E-state index in [-0.39, 0.29) is 5.75 Å². The fourth-order valence-electron chi connectivity index (χ4n) is 4.13. The van der Waals surface area contributed by atoms with E-state index in [1.165, 1.54) is 56.2 Å². The molecule has 0 bridgehead atoms. The molecule has 0 saturated carbocycles. The van der Waals surface area contributed by atoms with Crippen LogP contribution >= 0.6 is 0 Å². The molecule has 192 valence electrons. The number of esters is 1. The number of aryl methyl sites for hydroxylation is 1. The molecule has 0 fully saturated rings. The third-order valence-electron chi connectivity index (χ3n) is 6.35. The van der Waals surface area contributed by atoms with Crippen molar-refractivity contribution in [1.29, 1.82) is 0 Å². The molecule has 0 spiro atoms. The average molecular weight is 491 g/mol. The van der Waals surface area contributed by atoms with E-state index in [9.17, 15) is 9.18 Å². The lowest BCUT2D eigenvalue weighted by Crippen LogP contribution is -2.09. The van der Waals surface area contributed by atoms with Crippen LogP contribution in [-0.2, 0) is 6.42 Å². The lowest BCUT2D eigenvalue weighted by atomic mass is 10.00. The number of hydrogen-bond donors (Lipinski definition) is 0. The van der Waals surface area contributed by atoms with Crippen molar-refractivity contribution in [3.63, 3.8) is 0 Å². The second-order valence-electron chi connectivity index (χ2n) is 9.33. The van der Waals surface area contributed by atoms with Crippen LogP contribution in [-0.4, -0.2) is 12.6 Å². The minimum atomic E-state index is -0.617. The van der Waals surface area contributed by atoms with Crippen molar-refractivity contribution in [2.45, 2.75) is 78.1 Å². The van der Waals surface area contributed by atoms with Crippen molar-refractivity contribution in [1.82, 2.24) is 0 Å². The zero-order valence-corrected chi connectivity index (χ0v) is 21.7. The van der Waals surface area contributed by atoms with Gasteiger partial charge in [-0.25, -0.2) is 9.18 Å². The Morgan fingerprint density at radius 2 is 1.33 bits per heavy atom. The highest BCUT2D eigenvalue weighted by Gasteiger charge is 2.13. The Kier molecular flexibility index (Phi) is 11.5. The quantitative estimate of drug-likeness (QED) is 0.121. The van der Waals surface area contributed by atoms with Gasteiger partial charge in [0.2, 0.25) is 0 Å². The third kappa shape index (κ3) is 8.82. The topological polar surface area (TPSA) is 35.5 Å². The second kappa shape index (κ2) is 15.1. The Labute approximate surface area is 215 Å². The monoisotopic (exact) mass is 490 g/mol. The maximum atomic E-state index is 14.4. The molecule has 0 atom stereocenters. The first-order valence-electron chi connectivity index (χ1n) is 13.4. The average Bonchev–Trinajstić information content (AvgIpc) is 2.90. The van der Waals surface area contributed by atoms with Gasteiger partial charge in [-0.1, -0.05) is 95.2 Å². The Balaban J connectivity index is 1.51. The molecule has 0 aromatic heterocycles. The molecule has 0 N–H and O–H groups in total. The second-order valence-corrected chi connectivity index (χ2v) is 9.33. The van der Waals surface area contributed by atoms with Crippen molar-refractivity contribution in [3.05, 3.63) is 83.7 Å². The van der Waals surface area contributed by atoms with Gasteiger partial charge in [0.15, 0.2) is 11.6 Å². The zero-order valence-electron chi connectivity index (χ0n) is 21.7. The van der Waals surface area contributed by atoms with Gasteiger partial charge in [0, 0.05) is 6.07 Å². The van der Waals surface area contributed by atoms with Crippen LogP contribution in [0, 0.1) is 5.82 Å². The summed E-state index contributed by atoms with van der Waals surface area (Å²) >= 11 is 0. The van der Waals surface area contributed by atoms with Crippen LogP contribution in [0.5, 0.6) is 11.5 Å². The fraction of sp³-hybridized carbons (Fsp3) is 0.406. The molecule has 0 amide bonds. The smallest absolute Gasteiger partial charge is 0.343 e. The van der Waals surface area contributed by atoms with Crippen LogP contribution in [0.25, 0.3) is 11.1 Å². The van der Waals surface area contributed by atoms with Crippen LogP contribution in [0.2, 0.25) is 0 Å². The van der Waals surface area contributed by atoms with E-state index in [0.29, 0.717) is 17.9 Å². The van der Waals surface area contributed by atoms with Crippen molar-refractivity contribution in [2.24, 2.45) is 0 Å². The third-order valence-corrected chi connectivity index (χ3v) is 6.35. The maximum Gasteiger partial charge on any atom is 0.343 e. The highest BCUT2D eigenvalue weighted by atomic mass is 19.1. The van der Waals surface area contributed by atoms with E-state index in [4.69, 9.17) is 9.47 Å². The van der Waals surface area contributed by atoms with Gasteiger partial charge in [-0.05, 0) is 60.2 Å². The highest BCUT2D eigenvalue weighted by molar-refractivity contribution is 5.91. The van der Waals surface area contributed by atoms with E-state index in [0.717, 1.165) is 36.8 Å². The normalized spacial score (nSPS) is 10.9. The number of halogens is 1. The number of carbonyl (C=O) groups is 1. The molecule has 0 heterocycles. The summed E-state index contributed by atoms with van der Waals surface area (Å²) in [6.45, 7) is 4.90. The summed E-state index contributed by atoms with van der Waals surface area (Å²) in [5.74, 6) is -0.878. The van der Waals surface area contributed by atoms with Gasteiger partial charge >= 0.3 is 5.97 Å². The predicted octanol–water partition coefficient (Wildman–Crippen LogP) is 9.18. The van der Waals surface area contributed by atoms with Crippen LogP contribution in [0.15, 0.2) is 66.7 Å². The van der Waals surface area contributed by atoms with Gasteiger partial charge in [0.25, 0.3) is 0 Å². The van der Waals surface area contributed by atoms with Crippen molar-refractivity contribution in [3.8, 4) is 22.6 Å². The lowest BCUT2D eigenvalue weighted by Gasteiger charge is -2.09. The van der Waals surface area contributed by atoms with Crippen molar-refractivity contribution < 1.29 is 18.7 Å². The summed E-state index contributed by atoms with van der Waals surface area (Å²) in [5.41, 5.74) is 3.85. The number of hydrogen-bond acceptors (Lipinski definition) is 3. The fourth-order valence-corrected chi connectivity index (χ4v) is 4.13. The SMILES string of the molecule is CCCCCCCCc1ccc(-c2ccc(C(=O)Oc3ccc(OCCCCC)cc3F)cc2)cc1. The van der Waals surface area contributed by atoms with Gasteiger partial charge in [-0.2, -0.15) is 0 Å². The van der Waals surface area contributed by atoms with Gasteiger partial charge in [-0.15, -0.1) is 0 Å². The van der Waals surface area contributed by atoms with Gasteiger partial charge in [0.05, 0.1) is 12.2 Å². The molecule has 3 aromatic rings. The largest absolute Gasteiger partial charge is 0.493 e. The molecular weight excluding hydrogens is 451 g/mol. The molecule has 0 aliphatic heterocycles. The molecule has 0 radical (unpaired) electrons. The van der Waals surface area contributed by atoms with E-state index < -0.39 is 11.8 Å². The summed E-state index contributed by atoms with van der Waals surface area (Å²) in [7, 11) is 0. The number of carbonyl (C=O) groups excluding carboxylic acids is 1. The van der Waals surface area contributed by atoms with E-state index in [1.54, 1.807) is 18.2 Å². The Hall–Kier alpha value is -3.14. The highest BCUT2D eigenvalue weighted by Crippen LogP contribution is 2.25. The molecule has 3 rings (SSSR count). The summed E-state index contributed by atoms with van der Waals surface area (Å²) in [4.78, 5) is 12.6. The van der Waals surface area contributed by atoms with Crippen LogP contribution in [0.3, 0.4) is 0 Å². The van der Waals surface area contributed by atoms with Crippen molar-refractivity contribution >= 4 is 5.97 Å². The molecule has 0 saturated heterocycles. The molecule has 36 heavy (non-hydrogen) atoms. The van der Waals surface area contributed by atoms with Crippen LogP contribution in [0.1, 0.15) is 87.6 Å². The molecule has 3 aromatic carbocycles. The molecule has 3 nitrogen and oxygen atoms in total. The van der Waals surface area contributed by atoms with Crippen LogP contribution in [0.4, 0.5) is 4.39 Å². The number of unbranched alkanes of at least 4 members (excludes halogenated alkanes) is 7. The van der Waals surface area contributed by atoms with E-state index in [2.05, 4.69) is 38.1 Å². The number of rotatable bonds is 15. The summed E-state index contributed by atoms with van der Waals surface area (Å²) in [6.07, 6.45) is 12.0. The predicted molar refractivity (Wildman–Crippen MR) is 145 cm³/mol. The van der Waals surface area contributed by atoms with Gasteiger partial charge in [-0.3, -0.25) is 0 Å². The van der Waals surface area contributed by atoms with Crippen molar-refractivity contribution in [2.75, 3.05) is 6.61 Å². The van der Waals surface area contributed by atoms with Gasteiger partial charge < -0.3 is 9.47 Å². The molecule has 0 unspecified atom stereocenters. The molecule has 0 aliphatic rings. The maximum absolute atomic E-state index is 14.4. The molecular formula is C32H39FO3. The number of benzene rings is 3.